The van der Waals surface area contributed by atoms with E-state index in [2.05, 4.69) is 52.7 Å². The van der Waals surface area contributed by atoms with Gasteiger partial charge in [-0.05, 0) is 63.9 Å². The number of aryl methyl sites for hydroxylation is 1. The minimum absolute atomic E-state index is 0. The summed E-state index contributed by atoms with van der Waals surface area (Å²) in [7, 11) is 5.71. The Morgan fingerprint density at radius 2 is 1.96 bits per heavy atom. The van der Waals surface area contributed by atoms with Crippen LogP contribution in [0.1, 0.15) is 30.4 Å². The number of methoxy groups -OCH3 is 1. The van der Waals surface area contributed by atoms with E-state index < -0.39 is 0 Å². The van der Waals surface area contributed by atoms with Crippen molar-refractivity contribution in [3.63, 3.8) is 0 Å². The van der Waals surface area contributed by atoms with Crippen molar-refractivity contribution in [3.05, 3.63) is 29.3 Å². The molecule has 6 nitrogen and oxygen atoms in total. The maximum absolute atomic E-state index is 5.86. The molecule has 160 valence electrons. The summed E-state index contributed by atoms with van der Waals surface area (Å²) < 4.78 is 10.9. The lowest BCUT2D eigenvalue weighted by Gasteiger charge is -2.29. The van der Waals surface area contributed by atoms with Gasteiger partial charge in [0.25, 0.3) is 0 Å². The molecule has 0 amide bonds. The highest BCUT2D eigenvalue weighted by atomic mass is 127. The molecule has 0 radical (unpaired) electrons. The highest BCUT2D eigenvalue weighted by molar-refractivity contribution is 14.0. The molecule has 2 rings (SSSR count). The first-order valence-electron chi connectivity index (χ1n) is 9.96. The third-order valence-electron chi connectivity index (χ3n) is 5.12. The molecule has 0 bridgehead atoms. The highest BCUT2D eigenvalue weighted by Crippen LogP contribution is 2.20. The van der Waals surface area contributed by atoms with Crippen LogP contribution in [0.2, 0.25) is 0 Å². The molecule has 28 heavy (non-hydrogen) atoms. The number of piperidine rings is 1. The van der Waals surface area contributed by atoms with E-state index in [1.807, 2.05) is 7.05 Å². The van der Waals surface area contributed by atoms with Gasteiger partial charge < -0.3 is 25.0 Å². The van der Waals surface area contributed by atoms with Crippen molar-refractivity contribution in [2.24, 2.45) is 10.9 Å². The lowest BCUT2D eigenvalue weighted by Crippen LogP contribution is -2.38. The zero-order valence-electron chi connectivity index (χ0n) is 17.8. The molecule has 0 aromatic heterocycles. The maximum atomic E-state index is 5.86. The first-order chi connectivity index (χ1) is 13.1. The quantitative estimate of drug-likeness (QED) is 0.235. The molecule has 1 aliphatic heterocycles. The summed E-state index contributed by atoms with van der Waals surface area (Å²) >= 11 is 0. The third-order valence-corrected chi connectivity index (χ3v) is 5.12. The molecule has 0 saturated carbocycles. The van der Waals surface area contributed by atoms with Gasteiger partial charge in [0.05, 0.1) is 6.61 Å². The average molecular weight is 504 g/mol. The minimum Gasteiger partial charge on any atom is -0.491 e. The van der Waals surface area contributed by atoms with Crippen molar-refractivity contribution >= 4 is 29.9 Å². The molecule has 1 aromatic rings. The number of benzene rings is 1. The fourth-order valence-electron chi connectivity index (χ4n) is 3.32. The molecule has 0 atom stereocenters. The average Bonchev–Trinajstić information content (AvgIpc) is 2.67. The monoisotopic (exact) mass is 504 g/mol. The number of guanidine groups is 1. The van der Waals surface area contributed by atoms with Crippen LogP contribution in [0.15, 0.2) is 23.2 Å². The number of aliphatic imine (C=N–C) groups is 1. The molecule has 0 aliphatic carbocycles. The number of likely N-dealkylation sites (tertiary alicyclic amines) is 1. The van der Waals surface area contributed by atoms with Gasteiger partial charge in [-0.15, -0.1) is 24.0 Å². The molecule has 0 unspecified atom stereocenters. The Kier molecular flexibility index (Phi) is 12.5. The lowest BCUT2D eigenvalue weighted by atomic mass is 9.94. The Hall–Kier alpha value is -1.06. The zero-order valence-corrected chi connectivity index (χ0v) is 20.1. The topological polar surface area (TPSA) is 58.1 Å². The summed E-state index contributed by atoms with van der Waals surface area (Å²) in [5.74, 6) is 2.57. The van der Waals surface area contributed by atoms with Gasteiger partial charge in [-0.25, -0.2) is 0 Å². The highest BCUT2D eigenvalue weighted by Gasteiger charge is 2.16. The van der Waals surface area contributed by atoms with E-state index in [1.54, 1.807) is 7.11 Å². The fourth-order valence-corrected chi connectivity index (χ4v) is 3.32. The predicted octanol–water partition coefficient (Wildman–Crippen LogP) is 3.04. The molecule has 1 aliphatic rings. The first-order valence-corrected chi connectivity index (χ1v) is 9.96. The van der Waals surface area contributed by atoms with E-state index in [0.717, 1.165) is 29.7 Å². The van der Waals surface area contributed by atoms with Gasteiger partial charge in [0, 0.05) is 32.8 Å². The Labute approximate surface area is 187 Å². The van der Waals surface area contributed by atoms with E-state index in [1.165, 1.54) is 37.9 Å². The number of nitrogens with zero attached hydrogens (tertiary/aromatic N) is 2. The van der Waals surface area contributed by atoms with Gasteiger partial charge in [0.15, 0.2) is 5.96 Å². The molecule has 2 N–H and O–H groups in total. The second kappa shape index (κ2) is 14.0. The summed E-state index contributed by atoms with van der Waals surface area (Å²) in [5.41, 5.74) is 2.31. The molecule has 1 aromatic carbocycles. The summed E-state index contributed by atoms with van der Waals surface area (Å²) in [6, 6.07) is 6.29. The number of hydrogen-bond donors (Lipinski definition) is 2. The number of nitrogens with one attached hydrogen (secondary N) is 2. The molecule has 1 saturated heterocycles. The van der Waals surface area contributed by atoms with E-state index in [9.17, 15) is 0 Å². The van der Waals surface area contributed by atoms with Gasteiger partial charge in [0.1, 0.15) is 12.4 Å². The summed E-state index contributed by atoms with van der Waals surface area (Å²) in [4.78, 5) is 6.76. The standard InChI is InChI=1S/C21H36N4O2.HI/c1-17-5-6-19(20(15-17)27-14-13-26-4)16-24-21(22-2)23-10-7-18-8-11-25(3)12-9-18;/h5-6,15,18H,7-14,16H2,1-4H3,(H2,22,23,24);1H. The number of ether oxygens (including phenoxy) is 2. The predicted molar refractivity (Wildman–Crippen MR) is 127 cm³/mol. The van der Waals surface area contributed by atoms with Crippen molar-refractivity contribution in [2.45, 2.75) is 32.7 Å². The number of halogens is 1. The van der Waals surface area contributed by atoms with Gasteiger partial charge in [-0.2, -0.15) is 0 Å². The van der Waals surface area contributed by atoms with Crippen molar-refractivity contribution in [1.82, 2.24) is 15.5 Å². The largest absolute Gasteiger partial charge is 0.491 e. The van der Waals surface area contributed by atoms with Gasteiger partial charge in [-0.1, -0.05) is 12.1 Å². The van der Waals surface area contributed by atoms with Crippen LogP contribution in [0.3, 0.4) is 0 Å². The lowest BCUT2D eigenvalue weighted by molar-refractivity contribution is 0.145. The Bertz CT molecular complexity index is 590. The Morgan fingerprint density at radius 1 is 1.21 bits per heavy atom. The molecule has 1 heterocycles. The van der Waals surface area contributed by atoms with Crippen LogP contribution in [0.25, 0.3) is 0 Å². The third kappa shape index (κ3) is 8.96. The molecular formula is C21H37IN4O2. The first kappa shape index (κ1) is 25.0. The molecule has 1 fully saturated rings. The van der Waals surface area contributed by atoms with Crippen molar-refractivity contribution in [2.75, 3.05) is 54.1 Å². The summed E-state index contributed by atoms with van der Waals surface area (Å²) in [6.45, 7) is 7.28. The second-order valence-corrected chi connectivity index (χ2v) is 7.34. The SMILES string of the molecule is CN=C(NCCC1CCN(C)CC1)NCc1ccc(C)cc1OCCOC.I. The van der Waals surface area contributed by atoms with Crippen LogP contribution in [0.5, 0.6) is 5.75 Å². The van der Waals surface area contributed by atoms with Crippen LogP contribution >= 0.6 is 24.0 Å². The molecular weight excluding hydrogens is 467 g/mol. The van der Waals surface area contributed by atoms with E-state index in [4.69, 9.17) is 9.47 Å². The van der Waals surface area contributed by atoms with E-state index in [0.29, 0.717) is 19.8 Å². The van der Waals surface area contributed by atoms with Crippen molar-refractivity contribution in [1.29, 1.82) is 0 Å². The van der Waals surface area contributed by atoms with Crippen LogP contribution in [0.4, 0.5) is 0 Å². The van der Waals surface area contributed by atoms with Crippen molar-refractivity contribution in [3.8, 4) is 5.75 Å². The van der Waals surface area contributed by atoms with Crippen LogP contribution in [-0.4, -0.2) is 64.9 Å². The number of hydrogen-bond acceptors (Lipinski definition) is 4. The number of rotatable bonds is 9. The normalized spacial score (nSPS) is 15.8. The minimum atomic E-state index is 0. The van der Waals surface area contributed by atoms with E-state index in [-0.39, 0.29) is 24.0 Å². The van der Waals surface area contributed by atoms with Crippen LogP contribution in [0, 0.1) is 12.8 Å². The maximum Gasteiger partial charge on any atom is 0.191 e. The summed E-state index contributed by atoms with van der Waals surface area (Å²) in [6.07, 6.45) is 3.80. The van der Waals surface area contributed by atoms with Gasteiger partial charge in [-0.3, -0.25) is 4.99 Å². The Morgan fingerprint density at radius 3 is 2.64 bits per heavy atom. The van der Waals surface area contributed by atoms with Crippen molar-refractivity contribution < 1.29 is 9.47 Å². The Balaban J connectivity index is 0.00000392. The van der Waals surface area contributed by atoms with Crippen LogP contribution < -0.4 is 15.4 Å². The summed E-state index contributed by atoms with van der Waals surface area (Å²) in [5, 5.41) is 6.85. The molecule has 0 spiro atoms. The zero-order chi connectivity index (χ0) is 19.5. The molecule has 7 heteroatoms. The van der Waals surface area contributed by atoms with Gasteiger partial charge >= 0.3 is 0 Å². The second-order valence-electron chi connectivity index (χ2n) is 7.34. The van der Waals surface area contributed by atoms with Crippen LogP contribution in [-0.2, 0) is 11.3 Å². The smallest absolute Gasteiger partial charge is 0.191 e. The fraction of sp³-hybridized carbons (Fsp3) is 0.667. The van der Waals surface area contributed by atoms with Gasteiger partial charge in [0.2, 0.25) is 0 Å². The van der Waals surface area contributed by atoms with E-state index >= 15 is 0 Å².